The predicted octanol–water partition coefficient (Wildman–Crippen LogP) is 1.58. The molecule has 0 spiro atoms. The molecular formula is C7H9NO2S. The van der Waals surface area contributed by atoms with Crippen LogP contribution in [0, 0.1) is 0 Å². The highest BCUT2D eigenvalue weighted by Gasteiger charge is 2.17. The second-order valence-electron chi connectivity index (χ2n) is 2.33. The minimum absolute atomic E-state index is 0.156. The maximum absolute atomic E-state index is 5.37. The third kappa shape index (κ3) is 1.58. The molecule has 1 aliphatic heterocycles. The molecule has 0 N–H and O–H groups in total. The summed E-state index contributed by atoms with van der Waals surface area (Å²) in [6.45, 7) is 1.59. The van der Waals surface area contributed by atoms with Crippen LogP contribution in [0.2, 0.25) is 0 Å². The lowest BCUT2D eigenvalue weighted by atomic mass is 10.4. The lowest BCUT2D eigenvalue weighted by molar-refractivity contribution is -0.181. The van der Waals surface area contributed by atoms with Crippen molar-refractivity contribution in [2.75, 3.05) is 13.2 Å². The smallest absolute Gasteiger partial charge is 0.194 e. The van der Waals surface area contributed by atoms with Crippen LogP contribution >= 0.6 is 11.3 Å². The van der Waals surface area contributed by atoms with Crippen LogP contribution in [0.25, 0.3) is 0 Å². The Labute approximate surface area is 69.0 Å². The summed E-state index contributed by atoms with van der Waals surface area (Å²) in [5, 5.41) is 0. The van der Waals surface area contributed by atoms with Crippen molar-refractivity contribution in [3.8, 4) is 0 Å². The molecule has 0 amide bonds. The van der Waals surface area contributed by atoms with Crippen LogP contribution in [0.3, 0.4) is 0 Å². The molecule has 0 aromatic carbocycles. The van der Waals surface area contributed by atoms with E-state index >= 15 is 0 Å². The molecule has 1 aliphatic rings. The van der Waals surface area contributed by atoms with E-state index < -0.39 is 0 Å². The van der Waals surface area contributed by atoms with Crippen LogP contribution in [0.1, 0.15) is 17.6 Å². The van der Waals surface area contributed by atoms with E-state index in [1.165, 1.54) is 0 Å². The van der Waals surface area contributed by atoms with E-state index in [2.05, 4.69) is 4.98 Å². The summed E-state index contributed by atoms with van der Waals surface area (Å²) in [7, 11) is 0. The van der Waals surface area contributed by atoms with E-state index in [1.807, 2.05) is 0 Å². The number of ether oxygens (including phenoxy) is 2. The molecule has 0 atom stereocenters. The van der Waals surface area contributed by atoms with Gasteiger partial charge >= 0.3 is 0 Å². The molecule has 0 aliphatic carbocycles. The highest BCUT2D eigenvalue weighted by atomic mass is 32.1. The van der Waals surface area contributed by atoms with Gasteiger partial charge in [0.2, 0.25) is 0 Å². The highest BCUT2D eigenvalue weighted by molar-refractivity contribution is 7.09. The van der Waals surface area contributed by atoms with Gasteiger partial charge in [-0.05, 0) is 6.42 Å². The normalized spacial score (nSPS) is 20.4. The third-order valence-electron chi connectivity index (χ3n) is 1.51. The highest BCUT2D eigenvalue weighted by Crippen LogP contribution is 2.24. The minimum atomic E-state index is -0.156. The molecule has 0 unspecified atom stereocenters. The van der Waals surface area contributed by atoms with Gasteiger partial charge in [-0.1, -0.05) is 0 Å². The van der Waals surface area contributed by atoms with Crippen LogP contribution < -0.4 is 0 Å². The second kappa shape index (κ2) is 3.30. The molecule has 2 heterocycles. The van der Waals surface area contributed by atoms with E-state index in [0.29, 0.717) is 0 Å². The monoisotopic (exact) mass is 171 g/mol. The van der Waals surface area contributed by atoms with E-state index in [-0.39, 0.29) is 6.29 Å². The Morgan fingerprint density at radius 3 is 2.91 bits per heavy atom. The fraction of sp³-hybridized carbons (Fsp3) is 0.571. The molecule has 11 heavy (non-hydrogen) atoms. The molecule has 0 radical (unpaired) electrons. The first-order valence-corrected chi connectivity index (χ1v) is 4.46. The van der Waals surface area contributed by atoms with Gasteiger partial charge in [0.15, 0.2) is 6.29 Å². The Balaban J connectivity index is 2.04. The minimum Gasteiger partial charge on any atom is -0.348 e. The zero-order valence-electron chi connectivity index (χ0n) is 6.03. The average Bonchev–Trinajstić information content (AvgIpc) is 2.58. The van der Waals surface area contributed by atoms with Gasteiger partial charge in [0.05, 0.1) is 23.6 Å². The number of hydrogen-bond donors (Lipinski definition) is 0. The molecule has 0 bridgehead atoms. The van der Waals surface area contributed by atoms with E-state index in [1.54, 1.807) is 23.0 Å². The van der Waals surface area contributed by atoms with E-state index in [9.17, 15) is 0 Å². The van der Waals surface area contributed by atoms with Crippen molar-refractivity contribution < 1.29 is 9.47 Å². The van der Waals surface area contributed by atoms with Gasteiger partial charge in [-0.3, -0.25) is 4.98 Å². The number of aromatic nitrogens is 1. The van der Waals surface area contributed by atoms with Crippen LogP contribution in [-0.2, 0) is 9.47 Å². The molecule has 1 aromatic rings. The molecule has 1 saturated heterocycles. The Bertz CT molecular complexity index is 206. The first kappa shape index (κ1) is 7.21. The maximum Gasteiger partial charge on any atom is 0.194 e. The molecule has 2 rings (SSSR count). The molecule has 3 nitrogen and oxygen atoms in total. The quantitative estimate of drug-likeness (QED) is 0.642. The first-order valence-electron chi connectivity index (χ1n) is 3.58. The van der Waals surface area contributed by atoms with Gasteiger partial charge in [-0.2, -0.15) is 0 Å². The van der Waals surface area contributed by atoms with Gasteiger partial charge in [-0.15, -0.1) is 11.3 Å². The van der Waals surface area contributed by atoms with Crippen molar-refractivity contribution in [2.45, 2.75) is 12.7 Å². The molecular weight excluding hydrogens is 162 g/mol. The van der Waals surface area contributed by atoms with Crippen molar-refractivity contribution in [1.82, 2.24) is 4.98 Å². The maximum atomic E-state index is 5.37. The topological polar surface area (TPSA) is 31.4 Å². The van der Waals surface area contributed by atoms with Crippen molar-refractivity contribution >= 4 is 11.3 Å². The van der Waals surface area contributed by atoms with Crippen molar-refractivity contribution in [1.29, 1.82) is 0 Å². The molecule has 1 fully saturated rings. The van der Waals surface area contributed by atoms with Gasteiger partial charge in [-0.25, -0.2) is 0 Å². The van der Waals surface area contributed by atoms with Crippen molar-refractivity contribution in [3.05, 3.63) is 16.6 Å². The van der Waals surface area contributed by atoms with Crippen LogP contribution in [0.5, 0.6) is 0 Å². The summed E-state index contributed by atoms with van der Waals surface area (Å²) < 4.78 is 10.7. The lowest BCUT2D eigenvalue weighted by Gasteiger charge is -2.21. The fourth-order valence-corrected chi connectivity index (χ4v) is 1.61. The summed E-state index contributed by atoms with van der Waals surface area (Å²) >= 11 is 1.57. The predicted molar refractivity (Wildman–Crippen MR) is 41.4 cm³/mol. The number of nitrogens with zero attached hydrogens (tertiary/aromatic N) is 1. The largest absolute Gasteiger partial charge is 0.348 e. The number of thiazole rings is 1. The number of rotatable bonds is 1. The zero-order chi connectivity index (χ0) is 7.52. The lowest BCUT2D eigenvalue weighted by Crippen LogP contribution is -2.16. The van der Waals surface area contributed by atoms with Crippen LogP contribution in [0.4, 0.5) is 0 Å². The molecule has 60 valence electrons. The molecule has 0 saturated carbocycles. The van der Waals surface area contributed by atoms with E-state index in [4.69, 9.17) is 9.47 Å². The zero-order valence-corrected chi connectivity index (χ0v) is 6.84. The van der Waals surface area contributed by atoms with Crippen molar-refractivity contribution in [3.63, 3.8) is 0 Å². The average molecular weight is 171 g/mol. The third-order valence-corrected chi connectivity index (χ3v) is 2.31. The van der Waals surface area contributed by atoms with E-state index in [0.717, 1.165) is 24.5 Å². The van der Waals surface area contributed by atoms with Crippen LogP contribution in [0.15, 0.2) is 11.7 Å². The van der Waals surface area contributed by atoms with Gasteiger partial charge in [0, 0.05) is 6.20 Å². The Morgan fingerprint density at radius 1 is 1.45 bits per heavy atom. The van der Waals surface area contributed by atoms with Gasteiger partial charge in [0.25, 0.3) is 0 Å². The Kier molecular flexibility index (Phi) is 2.16. The summed E-state index contributed by atoms with van der Waals surface area (Å²) in [5.41, 5.74) is 1.79. The Morgan fingerprint density at radius 2 is 2.27 bits per heavy atom. The van der Waals surface area contributed by atoms with Gasteiger partial charge < -0.3 is 9.47 Å². The first-order chi connectivity index (χ1) is 5.47. The SMILES string of the molecule is c1ncc(C2OCCCO2)s1. The summed E-state index contributed by atoms with van der Waals surface area (Å²) in [6.07, 6.45) is 2.63. The summed E-state index contributed by atoms with van der Waals surface area (Å²) in [5.74, 6) is 0. The number of hydrogen-bond acceptors (Lipinski definition) is 4. The second-order valence-corrected chi connectivity index (χ2v) is 3.25. The summed E-state index contributed by atoms with van der Waals surface area (Å²) in [4.78, 5) is 5.02. The molecule has 4 heteroatoms. The van der Waals surface area contributed by atoms with Crippen LogP contribution in [-0.4, -0.2) is 18.2 Å². The summed E-state index contributed by atoms with van der Waals surface area (Å²) in [6, 6.07) is 0. The fourth-order valence-electron chi connectivity index (χ4n) is 0.994. The van der Waals surface area contributed by atoms with Crippen molar-refractivity contribution in [2.24, 2.45) is 0 Å². The standard InChI is InChI=1S/C7H9NO2S/c1-2-9-7(10-3-1)6-4-8-5-11-6/h4-5,7H,1-3H2. The molecule has 1 aromatic heterocycles. The van der Waals surface area contributed by atoms with Gasteiger partial charge in [0.1, 0.15) is 0 Å². The Hall–Kier alpha value is -0.450.